The number of nitrogens with zero attached hydrogens (tertiary/aromatic N) is 1. The molecule has 0 radical (unpaired) electrons. The van der Waals surface area contributed by atoms with Crippen LogP contribution >= 0.6 is 11.6 Å². The van der Waals surface area contributed by atoms with Crippen LogP contribution in [0.1, 0.15) is 10.4 Å². The molecule has 1 amide bonds. The Morgan fingerprint density at radius 2 is 2.11 bits per heavy atom. The van der Waals surface area contributed by atoms with Gasteiger partial charge in [-0.15, -0.1) is 6.42 Å². The smallest absolute Gasteiger partial charge is 0.252 e. The van der Waals surface area contributed by atoms with E-state index < -0.39 is 15.9 Å². The van der Waals surface area contributed by atoms with E-state index in [1.165, 1.54) is 32.3 Å². The molecule has 1 N–H and O–H groups in total. The molecule has 1 aromatic carbocycles. The summed E-state index contributed by atoms with van der Waals surface area (Å²) in [6, 6.07) is 4.02. The number of carbonyl (C=O) groups is 1. The number of terminal acetylenes is 1. The molecule has 0 atom stereocenters. The van der Waals surface area contributed by atoms with Crippen LogP contribution in [-0.2, 0) is 10.0 Å². The second kappa shape index (κ2) is 6.06. The van der Waals surface area contributed by atoms with E-state index in [0.29, 0.717) is 0 Å². The molecule has 0 saturated carbocycles. The van der Waals surface area contributed by atoms with Crippen LogP contribution in [0.2, 0.25) is 5.02 Å². The van der Waals surface area contributed by atoms with Crippen molar-refractivity contribution in [1.29, 1.82) is 0 Å². The van der Waals surface area contributed by atoms with Crippen molar-refractivity contribution in [3.05, 3.63) is 28.8 Å². The first kappa shape index (κ1) is 15.5. The molecule has 0 aliphatic rings. The fraction of sp³-hybridized carbons (Fsp3) is 0.250. The maximum absolute atomic E-state index is 12.0. The molecule has 1 rings (SSSR count). The molecule has 0 aromatic heterocycles. The molecule has 5 nitrogen and oxygen atoms in total. The van der Waals surface area contributed by atoms with Gasteiger partial charge >= 0.3 is 0 Å². The van der Waals surface area contributed by atoms with Crippen LogP contribution in [0.4, 0.5) is 0 Å². The van der Waals surface area contributed by atoms with Gasteiger partial charge < -0.3 is 5.32 Å². The monoisotopic (exact) mass is 300 g/mol. The van der Waals surface area contributed by atoms with Crippen molar-refractivity contribution in [2.24, 2.45) is 0 Å². The fourth-order valence-corrected chi connectivity index (χ4v) is 2.67. The van der Waals surface area contributed by atoms with E-state index in [2.05, 4.69) is 11.2 Å². The number of carbonyl (C=O) groups excluding carboxylic acids is 1. The number of rotatable bonds is 4. The zero-order valence-corrected chi connectivity index (χ0v) is 12.0. The normalized spacial score (nSPS) is 11.1. The van der Waals surface area contributed by atoms with E-state index in [9.17, 15) is 13.2 Å². The van der Waals surface area contributed by atoms with Gasteiger partial charge in [0.05, 0.1) is 11.6 Å². The molecule has 0 spiro atoms. The molecular formula is C12H13ClN2O3S. The minimum absolute atomic E-state index is 0.0576. The third-order valence-electron chi connectivity index (χ3n) is 2.30. The Balaban J connectivity index is 3.23. The molecule has 0 bridgehead atoms. The number of sulfonamides is 1. The highest BCUT2D eigenvalue weighted by molar-refractivity contribution is 7.89. The van der Waals surface area contributed by atoms with E-state index in [-0.39, 0.29) is 22.0 Å². The summed E-state index contributed by atoms with van der Waals surface area (Å²) in [6.07, 6.45) is 5.03. The van der Waals surface area contributed by atoms with E-state index >= 15 is 0 Å². The maximum Gasteiger partial charge on any atom is 0.252 e. The van der Waals surface area contributed by atoms with E-state index in [1.54, 1.807) is 0 Å². The lowest BCUT2D eigenvalue weighted by atomic mass is 10.2. The van der Waals surface area contributed by atoms with Crippen molar-refractivity contribution in [3.63, 3.8) is 0 Å². The minimum atomic E-state index is -3.70. The first-order valence-corrected chi connectivity index (χ1v) is 7.06. The van der Waals surface area contributed by atoms with E-state index in [1.807, 2.05) is 0 Å². The Labute approximate surface area is 117 Å². The van der Waals surface area contributed by atoms with Gasteiger partial charge in [0, 0.05) is 19.7 Å². The molecule has 1 aromatic rings. The van der Waals surface area contributed by atoms with Crippen molar-refractivity contribution in [1.82, 2.24) is 9.62 Å². The van der Waals surface area contributed by atoms with Crippen LogP contribution in [-0.4, -0.2) is 39.3 Å². The minimum Gasteiger partial charge on any atom is -0.341 e. The Morgan fingerprint density at radius 1 is 1.47 bits per heavy atom. The van der Waals surface area contributed by atoms with Crippen LogP contribution in [0.3, 0.4) is 0 Å². The quantitative estimate of drug-likeness (QED) is 0.842. The predicted octanol–water partition coefficient (Wildman–Crippen LogP) is 0.953. The number of nitrogens with one attached hydrogen (secondary N) is 1. The van der Waals surface area contributed by atoms with Crippen molar-refractivity contribution >= 4 is 27.5 Å². The van der Waals surface area contributed by atoms with Gasteiger partial charge in [0.25, 0.3) is 5.91 Å². The second-order valence-corrected chi connectivity index (χ2v) is 6.35. The average molecular weight is 301 g/mol. The summed E-state index contributed by atoms with van der Waals surface area (Å²) in [5.41, 5.74) is 0.181. The second-order valence-electron chi connectivity index (χ2n) is 3.82. The summed E-state index contributed by atoms with van der Waals surface area (Å²) in [4.78, 5) is 11.6. The first-order valence-electron chi connectivity index (χ1n) is 5.24. The summed E-state index contributed by atoms with van der Waals surface area (Å²) in [5, 5.41) is 2.51. The largest absolute Gasteiger partial charge is 0.341 e. The van der Waals surface area contributed by atoms with Crippen LogP contribution in [0.15, 0.2) is 23.1 Å². The van der Waals surface area contributed by atoms with E-state index in [0.717, 1.165) is 4.31 Å². The molecule has 0 aliphatic carbocycles. The highest BCUT2D eigenvalue weighted by Gasteiger charge is 2.22. The fourth-order valence-electron chi connectivity index (χ4n) is 1.27. The van der Waals surface area contributed by atoms with Gasteiger partial charge in [0.1, 0.15) is 4.90 Å². The highest BCUT2D eigenvalue weighted by Crippen LogP contribution is 2.24. The van der Waals surface area contributed by atoms with Gasteiger partial charge in [-0.25, -0.2) is 12.7 Å². The number of benzene rings is 1. The number of halogens is 1. The average Bonchev–Trinajstić information content (AvgIpc) is 2.36. The summed E-state index contributed by atoms with van der Waals surface area (Å²) in [5.74, 6) is 1.80. The summed E-state index contributed by atoms with van der Waals surface area (Å²) in [6.45, 7) is 0.0667. The van der Waals surface area contributed by atoms with Gasteiger partial charge in [-0.05, 0) is 18.2 Å². The summed E-state index contributed by atoms with van der Waals surface area (Å²) >= 11 is 5.86. The standard InChI is InChI=1S/C12H13ClN2O3S/c1-4-7-14-12(16)9-5-6-10(13)11(8-9)19(17,18)15(2)3/h1,5-6,8H,7H2,2-3H3,(H,14,16). The Morgan fingerprint density at radius 3 is 2.63 bits per heavy atom. The molecule has 102 valence electrons. The maximum atomic E-state index is 12.0. The van der Waals surface area contributed by atoms with Gasteiger partial charge in [-0.2, -0.15) is 0 Å². The lowest BCUT2D eigenvalue weighted by Crippen LogP contribution is -2.25. The zero-order chi connectivity index (χ0) is 14.6. The van der Waals surface area contributed by atoms with Gasteiger partial charge in [0.2, 0.25) is 10.0 Å². The topological polar surface area (TPSA) is 66.5 Å². The Hall–Kier alpha value is -1.55. The van der Waals surface area contributed by atoms with Crippen molar-refractivity contribution in [2.75, 3.05) is 20.6 Å². The summed E-state index contributed by atoms with van der Waals surface area (Å²) < 4.78 is 25.1. The highest BCUT2D eigenvalue weighted by atomic mass is 35.5. The van der Waals surface area contributed by atoms with Crippen LogP contribution in [0.5, 0.6) is 0 Å². The Kier molecular flexibility index (Phi) is 4.95. The molecule has 0 aliphatic heterocycles. The predicted molar refractivity (Wildman–Crippen MR) is 73.5 cm³/mol. The zero-order valence-electron chi connectivity index (χ0n) is 10.5. The van der Waals surface area contributed by atoms with Crippen molar-refractivity contribution in [2.45, 2.75) is 4.90 Å². The Bertz CT molecular complexity index is 633. The third-order valence-corrected chi connectivity index (χ3v) is 4.60. The molecule has 0 fully saturated rings. The molecule has 0 heterocycles. The number of hydrogen-bond donors (Lipinski definition) is 1. The first-order chi connectivity index (χ1) is 8.80. The van der Waals surface area contributed by atoms with Crippen LogP contribution in [0.25, 0.3) is 0 Å². The van der Waals surface area contributed by atoms with Gasteiger partial charge in [-0.3, -0.25) is 4.79 Å². The van der Waals surface area contributed by atoms with Gasteiger partial charge in [0.15, 0.2) is 0 Å². The molecular weight excluding hydrogens is 288 g/mol. The SMILES string of the molecule is C#CCNC(=O)c1ccc(Cl)c(S(=O)(=O)N(C)C)c1. The van der Waals surface area contributed by atoms with E-state index in [4.69, 9.17) is 18.0 Å². The van der Waals surface area contributed by atoms with Crippen molar-refractivity contribution in [3.8, 4) is 12.3 Å². The number of amides is 1. The third kappa shape index (κ3) is 3.47. The lowest BCUT2D eigenvalue weighted by molar-refractivity contribution is 0.0958. The van der Waals surface area contributed by atoms with Crippen LogP contribution in [0, 0.1) is 12.3 Å². The van der Waals surface area contributed by atoms with Crippen LogP contribution < -0.4 is 5.32 Å². The van der Waals surface area contributed by atoms with Crippen molar-refractivity contribution < 1.29 is 13.2 Å². The summed E-state index contributed by atoms with van der Waals surface area (Å²) in [7, 11) is -0.932. The molecule has 19 heavy (non-hydrogen) atoms. The molecule has 0 unspecified atom stereocenters. The molecule has 0 saturated heterocycles. The lowest BCUT2D eigenvalue weighted by Gasteiger charge is -2.13. The van der Waals surface area contributed by atoms with Gasteiger partial charge in [-0.1, -0.05) is 17.5 Å². The number of hydrogen-bond acceptors (Lipinski definition) is 3. The molecule has 7 heteroatoms.